The smallest absolute Gasteiger partial charge is 0.231 e. The van der Waals surface area contributed by atoms with E-state index in [2.05, 4.69) is 22.4 Å². The van der Waals surface area contributed by atoms with Crippen LogP contribution in [0.2, 0.25) is 0 Å². The van der Waals surface area contributed by atoms with E-state index in [0.29, 0.717) is 10.8 Å². The fourth-order valence-electron chi connectivity index (χ4n) is 2.58. The van der Waals surface area contributed by atoms with Crippen molar-refractivity contribution >= 4 is 45.7 Å². The zero-order chi connectivity index (χ0) is 18.5. The first-order chi connectivity index (χ1) is 12.6. The van der Waals surface area contributed by atoms with Crippen molar-refractivity contribution in [3.63, 3.8) is 0 Å². The van der Waals surface area contributed by atoms with Crippen molar-refractivity contribution in [1.82, 2.24) is 10.2 Å². The summed E-state index contributed by atoms with van der Waals surface area (Å²) in [6, 6.07) is 5.68. The number of benzene rings is 1. The number of thioether (sulfide) groups is 1. The molecule has 1 fully saturated rings. The van der Waals surface area contributed by atoms with E-state index in [4.69, 9.17) is 0 Å². The van der Waals surface area contributed by atoms with Crippen molar-refractivity contribution in [2.24, 2.45) is 5.92 Å². The Kier molecular flexibility index (Phi) is 6.20. The number of hydrogen-bond acceptors (Lipinski definition) is 6. The number of amides is 2. The lowest BCUT2D eigenvalue weighted by molar-refractivity contribution is -0.122. The lowest BCUT2D eigenvalue weighted by Gasteiger charge is -2.16. The normalized spacial score (nSPS) is 16.9. The number of carbonyl (C=O) groups excluding carboxylic acids is 2. The zero-order valence-electron chi connectivity index (χ0n) is 14.3. The molecule has 0 spiro atoms. The first-order valence-corrected chi connectivity index (χ1v) is 10.2. The Balaban J connectivity index is 1.57. The molecule has 1 atom stereocenters. The molecule has 0 radical (unpaired) electrons. The molecule has 9 heteroatoms. The van der Waals surface area contributed by atoms with Crippen LogP contribution in [0.15, 0.2) is 28.6 Å². The van der Waals surface area contributed by atoms with E-state index in [0.717, 1.165) is 22.9 Å². The van der Waals surface area contributed by atoms with E-state index in [1.54, 1.807) is 11.8 Å². The largest absolute Gasteiger partial charge is 0.312 e. The molecule has 0 aliphatic carbocycles. The van der Waals surface area contributed by atoms with Crippen LogP contribution in [-0.4, -0.2) is 34.3 Å². The van der Waals surface area contributed by atoms with Gasteiger partial charge in [-0.05, 0) is 30.7 Å². The second-order valence-corrected chi connectivity index (χ2v) is 8.27. The van der Waals surface area contributed by atoms with E-state index in [1.807, 2.05) is 0 Å². The molecule has 138 valence electrons. The molecule has 2 amide bonds. The number of carbonyl (C=O) groups is 2. The lowest BCUT2D eigenvalue weighted by atomic mass is 10.1. The lowest BCUT2D eigenvalue weighted by Crippen LogP contribution is -2.28. The van der Waals surface area contributed by atoms with Gasteiger partial charge in [0, 0.05) is 24.4 Å². The molecule has 0 saturated carbocycles. The van der Waals surface area contributed by atoms with Gasteiger partial charge in [0.1, 0.15) is 5.82 Å². The Morgan fingerprint density at radius 3 is 2.88 bits per heavy atom. The molecule has 2 aromatic rings. The second kappa shape index (κ2) is 8.59. The van der Waals surface area contributed by atoms with Gasteiger partial charge >= 0.3 is 0 Å². The average Bonchev–Trinajstić information content (AvgIpc) is 3.23. The van der Waals surface area contributed by atoms with Crippen LogP contribution in [0.3, 0.4) is 0 Å². The van der Waals surface area contributed by atoms with Crippen molar-refractivity contribution in [3.05, 3.63) is 30.1 Å². The van der Waals surface area contributed by atoms with Crippen LogP contribution in [0.5, 0.6) is 0 Å². The van der Waals surface area contributed by atoms with Crippen LogP contribution in [-0.2, 0) is 9.59 Å². The molecule has 0 unspecified atom stereocenters. The third-order valence-corrected chi connectivity index (χ3v) is 6.05. The average molecular weight is 394 g/mol. The van der Waals surface area contributed by atoms with Crippen molar-refractivity contribution < 1.29 is 14.0 Å². The summed E-state index contributed by atoms with van der Waals surface area (Å²) in [5.74, 6) is -0.247. The minimum Gasteiger partial charge on any atom is -0.312 e. The number of unbranched alkanes of at least 4 members (excludes halogenated alkanes) is 1. The third kappa shape index (κ3) is 4.59. The highest BCUT2D eigenvalue weighted by Gasteiger charge is 2.35. The van der Waals surface area contributed by atoms with Gasteiger partial charge in [0.25, 0.3) is 0 Å². The molecule has 3 rings (SSSR count). The monoisotopic (exact) mass is 394 g/mol. The summed E-state index contributed by atoms with van der Waals surface area (Å²) >= 11 is 2.96. The fraction of sp³-hybridized carbons (Fsp3) is 0.412. The molecular formula is C17H19FN4O2S2. The van der Waals surface area contributed by atoms with E-state index in [-0.39, 0.29) is 30.6 Å². The Morgan fingerprint density at radius 1 is 1.38 bits per heavy atom. The number of rotatable bonds is 7. The molecule has 6 nitrogen and oxygen atoms in total. The second-order valence-electron chi connectivity index (χ2n) is 5.95. The summed E-state index contributed by atoms with van der Waals surface area (Å²) in [5.41, 5.74) is 0.595. The van der Waals surface area contributed by atoms with Crippen LogP contribution in [0.25, 0.3) is 0 Å². The van der Waals surface area contributed by atoms with Gasteiger partial charge in [-0.2, -0.15) is 0 Å². The standard InChI is InChI=1S/C17H19FN4O2S2/c1-2-3-8-25-17-21-20-16(26-17)19-15(24)11-9-14(23)22(10-11)13-6-4-12(18)5-7-13/h4-7,11H,2-3,8-10H2,1H3,(H,19,20,24)/t11-/m1/s1. The Bertz CT molecular complexity index is 781. The zero-order valence-corrected chi connectivity index (χ0v) is 15.9. The van der Waals surface area contributed by atoms with Crippen molar-refractivity contribution in [1.29, 1.82) is 0 Å². The van der Waals surface area contributed by atoms with Crippen LogP contribution in [0, 0.1) is 11.7 Å². The van der Waals surface area contributed by atoms with Crippen LogP contribution in [0.4, 0.5) is 15.2 Å². The van der Waals surface area contributed by atoms with Gasteiger partial charge < -0.3 is 10.2 Å². The number of nitrogens with zero attached hydrogens (tertiary/aromatic N) is 3. The maximum absolute atomic E-state index is 13.0. The summed E-state index contributed by atoms with van der Waals surface area (Å²) in [6.07, 6.45) is 2.35. The summed E-state index contributed by atoms with van der Waals surface area (Å²) in [5, 5.41) is 11.2. The maximum atomic E-state index is 13.0. The topological polar surface area (TPSA) is 75.2 Å². The molecule has 1 aromatic carbocycles. The number of nitrogens with one attached hydrogen (secondary N) is 1. The quantitative estimate of drug-likeness (QED) is 0.441. The first-order valence-electron chi connectivity index (χ1n) is 8.40. The minimum atomic E-state index is -0.465. The molecule has 1 aliphatic heterocycles. The van der Waals surface area contributed by atoms with Gasteiger partial charge in [-0.15, -0.1) is 10.2 Å². The van der Waals surface area contributed by atoms with Crippen molar-refractivity contribution in [2.45, 2.75) is 30.5 Å². The molecule has 0 bridgehead atoms. The highest BCUT2D eigenvalue weighted by Crippen LogP contribution is 2.29. The highest BCUT2D eigenvalue weighted by molar-refractivity contribution is 8.01. The van der Waals surface area contributed by atoms with Gasteiger partial charge in [-0.1, -0.05) is 36.4 Å². The molecule has 2 heterocycles. The van der Waals surface area contributed by atoms with Gasteiger partial charge in [0.15, 0.2) is 4.34 Å². The van der Waals surface area contributed by atoms with Gasteiger partial charge in [0.05, 0.1) is 5.92 Å². The van der Waals surface area contributed by atoms with Gasteiger partial charge in [0.2, 0.25) is 16.9 Å². The molecule has 26 heavy (non-hydrogen) atoms. The summed E-state index contributed by atoms with van der Waals surface area (Å²) in [4.78, 5) is 26.2. The Labute approximate surface area is 159 Å². The van der Waals surface area contributed by atoms with Crippen LogP contribution >= 0.6 is 23.1 Å². The summed E-state index contributed by atoms with van der Waals surface area (Å²) in [7, 11) is 0. The maximum Gasteiger partial charge on any atom is 0.231 e. The van der Waals surface area contributed by atoms with E-state index >= 15 is 0 Å². The molecule has 1 aromatic heterocycles. The van der Waals surface area contributed by atoms with E-state index in [9.17, 15) is 14.0 Å². The number of halogens is 1. The number of aromatic nitrogens is 2. The SMILES string of the molecule is CCCCSc1nnc(NC(=O)[C@@H]2CC(=O)N(c3ccc(F)cc3)C2)s1. The minimum absolute atomic E-state index is 0.125. The number of hydrogen-bond donors (Lipinski definition) is 1. The highest BCUT2D eigenvalue weighted by atomic mass is 32.2. The molecule has 1 aliphatic rings. The Hall–Kier alpha value is -2.00. The van der Waals surface area contributed by atoms with Crippen molar-refractivity contribution in [3.8, 4) is 0 Å². The predicted molar refractivity (Wildman–Crippen MR) is 101 cm³/mol. The van der Waals surface area contributed by atoms with Crippen LogP contribution in [0.1, 0.15) is 26.2 Å². The fourth-order valence-corrected chi connectivity index (χ4v) is 4.49. The molecule has 1 saturated heterocycles. The summed E-state index contributed by atoms with van der Waals surface area (Å²) in [6.45, 7) is 2.40. The van der Waals surface area contributed by atoms with Crippen molar-refractivity contribution in [2.75, 3.05) is 22.5 Å². The molecular weight excluding hydrogens is 375 g/mol. The van der Waals surface area contributed by atoms with E-state index in [1.165, 1.54) is 40.5 Å². The summed E-state index contributed by atoms with van der Waals surface area (Å²) < 4.78 is 13.9. The van der Waals surface area contributed by atoms with Gasteiger partial charge in [-0.25, -0.2) is 4.39 Å². The number of anilines is 2. The predicted octanol–water partition coefficient (Wildman–Crippen LogP) is 3.56. The van der Waals surface area contributed by atoms with Crippen LogP contribution < -0.4 is 10.2 Å². The van der Waals surface area contributed by atoms with E-state index < -0.39 is 5.92 Å². The molecule has 1 N–H and O–H groups in total. The van der Waals surface area contributed by atoms with Gasteiger partial charge in [-0.3, -0.25) is 9.59 Å². The third-order valence-electron chi connectivity index (χ3n) is 3.99. The Morgan fingerprint density at radius 2 is 2.15 bits per heavy atom. The first kappa shape index (κ1) is 18.8.